The number of thioether (sulfide) groups is 1. The summed E-state index contributed by atoms with van der Waals surface area (Å²) in [5.41, 5.74) is 1.80. The number of likely N-dealkylation sites (tertiary alicyclic amines) is 1. The molecular weight excluding hydrogens is 362 g/mol. The molecular formula is C20H27N3O3S. The quantitative estimate of drug-likeness (QED) is 0.711. The minimum Gasteiger partial charge on any atom is -0.497 e. The number of nitrogens with one attached hydrogen (secondary N) is 1. The van der Waals surface area contributed by atoms with E-state index in [0.717, 1.165) is 48.9 Å². The van der Waals surface area contributed by atoms with E-state index in [1.54, 1.807) is 18.9 Å². The van der Waals surface area contributed by atoms with Gasteiger partial charge in [-0.05, 0) is 57.1 Å². The number of ether oxygens (including phenoxy) is 1. The largest absolute Gasteiger partial charge is 0.497 e. The lowest BCUT2D eigenvalue weighted by Gasteiger charge is -2.14. The van der Waals surface area contributed by atoms with Crippen molar-refractivity contribution < 1.29 is 13.9 Å². The van der Waals surface area contributed by atoms with Crippen LogP contribution in [-0.2, 0) is 10.5 Å². The van der Waals surface area contributed by atoms with Crippen LogP contribution in [0.5, 0.6) is 5.75 Å². The number of rotatable bonds is 9. The molecule has 146 valence electrons. The van der Waals surface area contributed by atoms with Crippen LogP contribution in [0.25, 0.3) is 11.5 Å². The Morgan fingerprint density at radius 2 is 2.04 bits per heavy atom. The number of aromatic nitrogens is 1. The highest BCUT2D eigenvalue weighted by Gasteiger charge is 2.13. The molecule has 27 heavy (non-hydrogen) atoms. The number of hydrogen-bond donors (Lipinski definition) is 1. The topological polar surface area (TPSA) is 67.6 Å². The van der Waals surface area contributed by atoms with Crippen molar-refractivity contribution >= 4 is 17.7 Å². The first kappa shape index (κ1) is 19.8. The number of hydrogen-bond acceptors (Lipinski definition) is 6. The number of amides is 1. The van der Waals surface area contributed by atoms with Gasteiger partial charge in [-0.25, -0.2) is 4.98 Å². The lowest BCUT2D eigenvalue weighted by Crippen LogP contribution is -2.34. The Bertz CT molecular complexity index is 739. The Morgan fingerprint density at radius 3 is 2.74 bits per heavy atom. The van der Waals surface area contributed by atoms with Crippen LogP contribution in [0.15, 0.2) is 28.7 Å². The lowest BCUT2D eigenvalue weighted by molar-refractivity contribution is -0.118. The molecule has 1 N–H and O–H groups in total. The van der Waals surface area contributed by atoms with Gasteiger partial charge in [-0.2, -0.15) is 0 Å². The van der Waals surface area contributed by atoms with Crippen LogP contribution in [0.4, 0.5) is 0 Å². The number of aryl methyl sites for hydroxylation is 1. The van der Waals surface area contributed by atoms with Gasteiger partial charge in [0.1, 0.15) is 11.5 Å². The van der Waals surface area contributed by atoms with E-state index in [0.29, 0.717) is 17.4 Å². The van der Waals surface area contributed by atoms with E-state index >= 15 is 0 Å². The summed E-state index contributed by atoms with van der Waals surface area (Å²) >= 11 is 1.56. The highest BCUT2D eigenvalue weighted by Crippen LogP contribution is 2.25. The van der Waals surface area contributed by atoms with Crippen molar-refractivity contribution in [3.63, 3.8) is 0 Å². The van der Waals surface area contributed by atoms with Gasteiger partial charge in [-0.3, -0.25) is 4.79 Å². The maximum absolute atomic E-state index is 12.0. The molecule has 1 aliphatic rings. The number of carbonyl (C=O) groups excluding carboxylic acids is 1. The fourth-order valence-electron chi connectivity index (χ4n) is 3.07. The second-order valence-electron chi connectivity index (χ2n) is 6.64. The monoisotopic (exact) mass is 389 g/mol. The normalized spacial score (nSPS) is 14.4. The van der Waals surface area contributed by atoms with Crippen LogP contribution < -0.4 is 10.1 Å². The van der Waals surface area contributed by atoms with E-state index in [-0.39, 0.29) is 5.91 Å². The summed E-state index contributed by atoms with van der Waals surface area (Å²) in [6.45, 7) is 5.90. The highest BCUT2D eigenvalue weighted by molar-refractivity contribution is 7.99. The molecule has 0 spiro atoms. The van der Waals surface area contributed by atoms with E-state index < -0.39 is 0 Å². The summed E-state index contributed by atoms with van der Waals surface area (Å²) in [6.07, 6.45) is 2.55. The standard InChI is InChI=1S/C20H27N3O3S/c1-15-18(22-20(26-15)16-5-7-17(25-2)8-6-16)13-27-14-19(24)21-9-12-23-10-3-4-11-23/h5-8H,3-4,9-14H2,1-2H3,(H,21,24). The van der Waals surface area contributed by atoms with Crippen molar-refractivity contribution in [1.29, 1.82) is 0 Å². The van der Waals surface area contributed by atoms with Crippen LogP contribution in [-0.4, -0.2) is 54.8 Å². The predicted octanol–water partition coefficient (Wildman–Crippen LogP) is 3.10. The van der Waals surface area contributed by atoms with Crippen molar-refractivity contribution in [3.05, 3.63) is 35.7 Å². The molecule has 7 heteroatoms. The van der Waals surface area contributed by atoms with Crippen molar-refractivity contribution in [2.24, 2.45) is 0 Å². The van der Waals surface area contributed by atoms with E-state index in [4.69, 9.17) is 9.15 Å². The Labute approximate surface area is 164 Å². The van der Waals surface area contributed by atoms with Gasteiger partial charge >= 0.3 is 0 Å². The molecule has 0 atom stereocenters. The van der Waals surface area contributed by atoms with Gasteiger partial charge in [0.05, 0.1) is 18.6 Å². The average Bonchev–Trinajstić information content (AvgIpc) is 3.32. The van der Waals surface area contributed by atoms with Crippen LogP contribution >= 0.6 is 11.8 Å². The molecule has 1 aliphatic heterocycles. The molecule has 0 radical (unpaired) electrons. The number of methoxy groups -OCH3 is 1. The van der Waals surface area contributed by atoms with Crippen LogP contribution in [0.3, 0.4) is 0 Å². The first-order chi connectivity index (χ1) is 13.2. The Hall–Kier alpha value is -1.99. The first-order valence-corrected chi connectivity index (χ1v) is 10.5. The number of nitrogens with zero attached hydrogens (tertiary/aromatic N) is 2. The smallest absolute Gasteiger partial charge is 0.230 e. The number of carbonyl (C=O) groups is 1. The summed E-state index contributed by atoms with van der Waals surface area (Å²) in [4.78, 5) is 18.9. The van der Waals surface area contributed by atoms with Crippen molar-refractivity contribution in [3.8, 4) is 17.2 Å². The van der Waals surface area contributed by atoms with Gasteiger partial charge in [-0.1, -0.05) is 0 Å². The van der Waals surface area contributed by atoms with E-state index in [9.17, 15) is 4.79 Å². The zero-order valence-corrected chi connectivity index (χ0v) is 16.8. The average molecular weight is 390 g/mol. The van der Waals surface area contributed by atoms with E-state index in [1.807, 2.05) is 31.2 Å². The summed E-state index contributed by atoms with van der Waals surface area (Å²) in [6, 6.07) is 7.62. The molecule has 3 rings (SSSR count). The fourth-order valence-corrected chi connectivity index (χ4v) is 3.92. The second-order valence-corrected chi connectivity index (χ2v) is 7.63. The number of oxazole rings is 1. The Kier molecular flexibility index (Phi) is 7.18. The molecule has 1 fully saturated rings. The summed E-state index contributed by atoms with van der Waals surface area (Å²) in [5, 5.41) is 3.00. The van der Waals surface area contributed by atoms with Crippen molar-refractivity contribution in [2.75, 3.05) is 39.0 Å². The zero-order valence-electron chi connectivity index (χ0n) is 16.0. The van der Waals surface area contributed by atoms with Gasteiger partial charge in [0.25, 0.3) is 0 Å². The van der Waals surface area contributed by atoms with Gasteiger partial charge in [0.15, 0.2) is 0 Å². The summed E-state index contributed by atoms with van der Waals surface area (Å²) in [7, 11) is 1.64. The molecule has 6 nitrogen and oxygen atoms in total. The van der Waals surface area contributed by atoms with Crippen molar-refractivity contribution in [1.82, 2.24) is 15.2 Å². The molecule has 1 aromatic heterocycles. The molecule has 1 aromatic carbocycles. The Morgan fingerprint density at radius 1 is 1.30 bits per heavy atom. The third kappa shape index (κ3) is 5.74. The molecule has 1 amide bonds. The van der Waals surface area contributed by atoms with Crippen LogP contribution in [0.2, 0.25) is 0 Å². The van der Waals surface area contributed by atoms with E-state index in [1.165, 1.54) is 12.8 Å². The van der Waals surface area contributed by atoms with Gasteiger partial charge in [0.2, 0.25) is 11.8 Å². The van der Waals surface area contributed by atoms with Gasteiger partial charge in [-0.15, -0.1) is 11.8 Å². The third-order valence-electron chi connectivity index (χ3n) is 4.65. The van der Waals surface area contributed by atoms with Crippen LogP contribution in [0, 0.1) is 6.92 Å². The molecule has 0 unspecified atom stereocenters. The molecule has 0 saturated carbocycles. The minimum absolute atomic E-state index is 0.0794. The van der Waals surface area contributed by atoms with Gasteiger partial charge in [0, 0.05) is 24.4 Å². The summed E-state index contributed by atoms with van der Waals surface area (Å²) < 4.78 is 11.0. The molecule has 0 aliphatic carbocycles. The molecule has 2 heterocycles. The maximum Gasteiger partial charge on any atom is 0.230 e. The third-order valence-corrected chi connectivity index (χ3v) is 5.59. The maximum atomic E-state index is 12.0. The lowest BCUT2D eigenvalue weighted by atomic mass is 10.2. The number of benzene rings is 1. The van der Waals surface area contributed by atoms with Crippen LogP contribution in [0.1, 0.15) is 24.3 Å². The minimum atomic E-state index is 0.0794. The predicted molar refractivity (Wildman–Crippen MR) is 108 cm³/mol. The second kappa shape index (κ2) is 9.80. The zero-order chi connectivity index (χ0) is 19.1. The molecule has 2 aromatic rings. The van der Waals surface area contributed by atoms with Crippen molar-refractivity contribution in [2.45, 2.75) is 25.5 Å². The first-order valence-electron chi connectivity index (χ1n) is 9.33. The van der Waals surface area contributed by atoms with Gasteiger partial charge < -0.3 is 19.4 Å². The summed E-state index contributed by atoms with van der Waals surface area (Å²) in [5.74, 6) is 3.36. The fraction of sp³-hybridized carbons (Fsp3) is 0.500. The Balaban J connectivity index is 1.42. The molecule has 0 bridgehead atoms. The van der Waals surface area contributed by atoms with E-state index in [2.05, 4.69) is 15.2 Å². The highest BCUT2D eigenvalue weighted by atomic mass is 32.2. The molecule has 1 saturated heterocycles. The SMILES string of the molecule is COc1ccc(-c2nc(CSCC(=O)NCCN3CCCC3)c(C)o2)cc1.